The average molecular weight is 387 g/mol. The summed E-state index contributed by atoms with van der Waals surface area (Å²) in [4.78, 5) is 16.7. The number of ether oxygens (including phenoxy) is 2. The van der Waals surface area contributed by atoms with Crippen molar-refractivity contribution in [2.75, 3.05) is 11.9 Å². The van der Waals surface area contributed by atoms with Gasteiger partial charge in [0.25, 0.3) is 5.91 Å². The van der Waals surface area contributed by atoms with Crippen molar-refractivity contribution in [1.29, 1.82) is 0 Å². The van der Waals surface area contributed by atoms with Crippen LogP contribution in [0.1, 0.15) is 11.3 Å². The molecule has 0 fully saturated rings. The van der Waals surface area contributed by atoms with Crippen LogP contribution in [0.15, 0.2) is 79.1 Å². The summed E-state index contributed by atoms with van der Waals surface area (Å²) in [5.74, 6) is 1.08. The van der Waals surface area contributed by atoms with Gasteiger partial charge in [-0.2, -0.15) is 0 Å². The molecule has 0 spiro atoms. The van der Waals surface area contributed by atoms with E-state index < -0.39 is 0 Å². The fraction of sp³-hybridized carbons (Fsp3) is 0.130. The molecule has 0 aliphatic carbocycles. The van der Waals surface area contributed by atoms with Crippen LogP contribution in [0, 0.1) is 6.92 Å². The Morgan fingerprint density at radius 2 is 1.86 bits per heavy atom. The summed E-state index contributed by atoms with van der Waals surface area (Å²) in [6.45, 7) is 2.28. The van der Waals surface area contributed by atoms with Crippen molar-refractivity contribution in [1.82, 2.24) is 9.38 Å². The molecule has 2 heterocycles. The van der Waals surface area contributed by atoms with Gasteiger partial charge >= 0.3 is 0 Å². The first kappa shape index (κ1) is 18.6. The van der Waals surface area contributed by atoms with Gasteiger partial charge < -0.3 is 19.2 Å². The number of anilines is 1. The zero-order chi connectivity index (χ0) is 20.1. The monoisotopic (exact) mass is 387 g/mol. The number of carbonyl (C=O) groups is 1. The second-order valence-corrected chi connectivity index (χ2v) is 6.66. The predicted octanol–water partition coefficient (Wildman–Crippen LogP) is 4.24. The molecule has 1 amide bonds. The number of benzene rings is 2. The molecule has 2 aromatic carbocycles. The number of aryl methyl sites for hydroxylation is 1. The molecule has 4 rings (SSSR count). The standard InChI is InChI=1S/C23H21N3O3/c1-17-8-10-20(11-9-17)29-16-23(27)25-18-5-4-6-21(13-18)28-15-19-14-26-12-3-2-7-22(26)24-19/h2-14H,15-16H2,1H3,(H,25,27). The van der Waals surface area contributed by atoms with E-state index in [1.165, 1.54) is 0 Å². The number of pyridine rings is 1. The van der Waals surface area contributed by atoms with Gasteiger partial charge in [-0.3, -0.25) is 4.79 Å². The van der Waals surface area contributed by atoms with E-state index in [1.807, 2.05) is 84.4 Å². The zero-order valence-electron chi connectivity index (χ0n) is 16.0. The third-order valence-electron chi connectivity index (χ3n) is 4.31. The molecular formula is C23H21N3O3. The molecule has 0 aliphatic heterocycles. The normalized spacial score (nSPS) is 10.7. The number of aromatic nitrogens is 2. The lowest BCUT2D eigenvalue weighted by Gasteiger charge is -2.09. The second kappa shape index (κ2) is 8.48. The van der Waals surface area contributed by atoms with Crippen molar-refractivity contribution in [3.63, 3.8) is 0 Å². The lowest BCUT2D eigenvalue weighted by Crippen LogP contribution is -2.20. The molecule has 0 saturated heterocycles. The Labute approximate surface area is 168 Å². The molecule has 29 heavy (non-hydrogen) atoms. The Bertz CT molecular complexity index is 1090. The van der Waals surface area contributed by atoms with Gasteiger partial charge in [0.05, 0.1) is 5.69 Å². The van der Waals surface area contributed by atoms with Crippen LogP contribution in [-0.4, -0.2) is 21.9 Å². The van der Waals surface area contributed by atoms with Crippen LogP contribution in [-0.2, 0) is 11.4 Å². The van der Waals surface area contributed by atoms with Crippen molar-refractivity contribution in [2.45, 2.75) is 13.5 Å². The fourth-order valence-electron chi connectivity index (χ4n) is 2.86. The fourth-order valence-corrected chi connectivity index (χ4v) is 2.86. The Hall–Kier alpha value is -3.80. The highest BCUT2D eigenvalue weighted by Crippen LogP contribution is 2.19. The summed E-state index contributed by atoms with van der Waals surface area (Å²) in [7, 11) is 0. The van der Waals surface area contributed by atoms with Crippen LogP contribution in [0.4, 0.5) is 5.69 Å². The first-order valence-electron chi connectivity index (χ1n) is 9.30. The summed E-state index contributed by atoms with van der Waals surface area (Å²) >= 11 is 0. The maximum Gasteiger partial charge on any atom is 0.262 e. The lowest BCUT2D eigenvalue weighted by molar-refractivity contribution is -0.118. The zero-order valence-corrected chi connectivity index (χ0v) is 16.0. The van der Waals surface area contributed by atoms with Crippen molar-refractivity contribution >= 4 is 17.2 Å². The third-order valence-corrected chi connectivity index (χ3v) is 4.31. The highest BCUT2D eigenvalue weighted by Gasteiger charge is 2.06. The van der Waals surface area contributed by atoms with E-state index in [9.17, 15) is 4.79 Å². The van der Waals surface area contributed by atoms with E-state index >= 15 is 0 Å². The maximum absolute atomic E-state index is 12.2. The number of nitrogens with zero attached hydrogens (tertiary/aromatic N) is 2. The molecule has 0 aliphatic rings. The van der Waals surface area contributed by atoms with E-state index in [2.05, 4.69) is 10.3 Å². The SMILES string of the molecule is Cc1ccc(OCC(=O)Nc2cccc(OCc3cn4ccccc4n3)c2)cc1. The van der Waals surface area contributed by atoms with Gasteiger partial charge in [-0.05, 0) is 43.3 Å². The summed E-state index contributed by atoms with van der Waals surface area (Å²) in [5.41, 5.74) is 3.50. The molecule has 1 N–H and O–H groups in total. The number of hydrogen-bond acceptors (Lipinski definition) is 4. The predicted molar refractivity (Wildman–Crippen MR) is 111 cm³/mol. The van der Waals surface area contributed by atoms with Crippen LogP contribution >= 0.6 is 0 Å². The maximum atomic E-state index is 12.2. The molecule has 0 radical (unpaired) electrons. The topological polar surface area (TPSA) is 64.9 Å². The van der Waals surface area contributed by atoms with Gasteiger partial charge in [-0.15, -0.1) is 0 Å². The molecular weight excluding hydrogens is 366 g/mol. The van der Waals surface area contributed by atoms with Crippen LogP contribution in [0.5, 0.6) is 11.5 Å². The van der Waals surface area contributed by atoms with Crippen molar-refractivity contribution in [2.24, 2.45) is 0 Å². The molecule has 0 saturated carbocycles. The highest BCUT2D eigenvalue weighted by atomic mass is 16.5. The molecule has 0 bridgehead atoms. The third kappa shape index (κ3) is 4.93. The van der Waals surface area contributed by atoms with Crippen LogP contribution < -0.4 is 14.8 Å². The van der Waals surface area contributed by atoms with Crippen molar-refractivity contribution < 1.29 is 14.3 Å². The summed E-state index contributed by atoms with van der Waals surface area (Å²) in [6, 6.07) is 20.7. The minimum absolute atomic E-state index is 0.0601. The largest absolute Gasteiger partial charge is 0.487 e. The second-order valence-electron chi connectivity index (χ2n) is 6.66. The van der Waals surface area contributed by atoms with Crippen LogP contribution in [0.3, 0.4) is 0 Å². The van der Waals surface area contributed by atoms with Crippen LogP contribution in [0.25, 0.3) is 5.65 Å². The summed E-state index contributed by atoms with van der Waals surface area (Å²) in [5, 5.41) is 2.82. The number of amides is 1. The van der Waals surface area contributed by atoms with E-state index in [0.717, 1.165) is 16.9 Å². The average Bonchev–Trinajstić information content (AvgIpc) is 3.15. The Balaban J connectivity index is 1.31. The highest BCUT2D eigenvalue weighted by molar-refractivity contribution is 5.92. The van der Waals surface area contributed by atoms with Gasteiger partial charge in [-0.1, -0.05) is 29.8 Å². The number of fused-ring (bicyclic) bond motifs is 1. The van der Waals surface area contributed by atoms with Gasteiger partial charge in [0.15, 0.2) is 6.61 Å². The van der Waals surface area contributed by atoms with Gasteiger partial charge in [0.1, 0.15) is 23.8 Å². The molecule has 0 atom stereocenters. The first-order chi connectivity index (χ1) is 14.2. The molecule has 146 valence electrons. The van der Waals surface area contributed by atoms with E-state index in [0.29, 0.717) is 23.8 Å². The Morgan fingerprint density at radius 1 is 1.00 bits per heavy atom. The van der Waals surface area contributed by atoms with Crippen molar-refractivity contribution in [3.8, 4) is 11.5 Å². The molecule has 6 nitrogen and oxygen atoms in total. The van der Waals surface area contributed by atoms with Gasteiger partial charge in [-0.25, -0.2) is 4.98 Å². The van der Waals surface area contributed by atoms with Gasteiger partial charge in [0.2, 0.25) is 0 Å². The van der Waals surface area contributed by atoms with Crippen LogP contribution in [0.2, 0.25) is 0 Å². The number of rotatable bonds is 7. The summed E-state index contributed by atoms with van der Waals surface area (Å²) in [6.07, 6.45) is 3.88. The van der Waals surface area contributed by atoms with E-state index in [1.54, 1.807) is 6.07 Å². The van der Waals surface area contributed by atoms with E-state index in [-0.39, 0.29) is 12.5 Å². The van der Waals surface area contributed by atoms with Gasteiger partial charge in [0, 0.05) is 24.1 Å². The molecule has 6 heteroatoms. The van der Waals surface area contributed by atoms with Crippen molar-refractivity contribution in [3.05, 3.63) is 90.4 Å². The molecule has 2 aromatic heterocycles. The number of imidazole rings is 1. The van der Waals surface area contributed by atoms with E-state index in [4.69, 9.17) is 9.47 Å². The minimum atomic E-state index is -0.233. The number of hydrogen-bond donors (Lipinski definition) is 1. The minimum Gasteiger partial charge on any atom is -0.487 e. The molecule has 0 unspecified atom stereocenters. The number of carbonyl (C=O) groups excluding carboxylic acids is 1. The molecule has 4 aromatic rings. The first-order valence-corrected chi connectivity index (χ1v) is 9.30. The smallest absolute Gasteiger partial charge is 0.262 e. The summed E-state index contributed by atoms with van der Waals surface area (Å²) < 4.78 is 13.3. The Kier molecular flexibility index (Phi) is 5.42. The Morgan fingerprint density at radius 3 is 2.69 bits per heavy atom. The quantitative estimate of drug-likeness (QED) is 0.515. The number of nitrogens with one attached hydrogen (secondary N) is 1. The lowest BCUT2D eigenvalue weighted by atomic mass is 10.2.